The van der Waals surface area contributed by atoms with Gasteiger partial charge < -0.3 is 10.4 Å². The highest BCUT2D eigenvalue weighted by Crippen LogP contribution is 2.59. The minimum atomic E-state index is -6.34. The Balaban J connectivity index is 1.91. The van der Waals surface area contributed by atoms with Crippen LogP contribution in [0.3, 0.4) is 0 Å². The van der Waals surface area contributed by atoms with E-state index in [9.17, 15) is 48.3 Å². The molecule has 2 N–H and O–H groups in total. The lowest BCUT2D eigenvalue weighted by Crippen LogP contribution is -2.51. The highest BCUT2D eigenvalue weighted by Gasteiger charge is 2.73. The topological polar surface area (TPSA) is 83.5 Å². The van der Waals surface area contributed by atoms with Gasteiger partial charge in [0.25, 0.3) is 0 Å². The quantitative estimate of drug-likeness (QED) is 0.369. The minimum Gasteiger partial charge on any atom is -0.396 e. The van der Waals surface area contributed by atoms with Gasteiger partial charge in [-0.2, -0.15) is 26.3 Å². The van der Waals surface area contributed by atoms with Crippen molar-refractivity contribution in [3.63, 3.8) is 0 Å². The molecule has 2 aliphatic rings. The van der Waals surface area contributed by atoms with E-state index in [0.717, 1.165) is 30.3 Å². The van der Waals surface area contributed by atoms with Gasteiger partial charge in [0, 0.05) is 23.9 Å². The molecule has 2 aromatic rings. The van der Waals surface area contributed by atoms with Gasteiger partial charge in [-0.1, -0.05) is 18.2 Å². The monoisotopic (exact) mass is 585 g/mol. The van der Waals surface area contributed by atoms with E-state index in [1.54, 1.807) is 0 Å². The van der Waals surface area contributed by atoms with Crippen molar-refractivity contribution in [3.8, 4) is 0 Å². The molecule has 0 spiro atoms. The molecule has 4 rings (SSSR count). The van der Waals surface area contributed by atoms with E-state index in [1.807, 2.05) is 0 Å². The lowest BCUT2D eigenvalue weighted by Gasteiger charge is -2.43. The van der Waals surface area contributed by atoms with Crippen LogP contribution in [0.1, 0.15) is 42.4 Å². The van der Waals surface area contributed by atoms with Crippen LogP contribution in [0, 0.1) is 11.7 Å². The molecular weight excluding hydrogens is 562 g/mol. The Morgan fingerprint density at radius 3 is 2.15 bits per heavy atom. The summed E-state index contributed by atoms with van der Waals surface area (Å²) in [6, 6.07) is 4.51. The van der Waals surface area contributed by atoms with E-state index in [1.165, 1.54) is 0 Å². The van der Waals surface area contributed by atoms with E-state index in [0.29, 0.717) is 12.1 Å². The Bertz CT molecular complexity index is 1340. The van der Waals surface area contributed by atoms with Crippen LogP contribution in [-0.4, -0.2) is 44.4 Å². The number of aliphatic hydroxyl groups excluding tert-OH is 1. The normalized spacial score (nSPS) is 23.7. The van der Waals surface area contributed by atoms with Crippen LogP contribution in [0.25, 0.3) is 0 Å². The number of benzene rings is 2. The number of nitrogens with one attached hydrogen (secondary N) is 1. The van der Waals surface area contributed by atoms with Gasteiger partial charge in [-0.05, 0) is 61.1 Å². The Hall–Kier alpha value is -2.74. The summed E-state index contributed by atoms with van der Waals surface area (Å²) in [5, 5.41) is 11.7. The largest absolute Gasteiger partial charge is 0.435 e. The van der Waals surface area contributed by atoms with Crippen molar-refractivity contribution in [2.24, 2.45) is 5.92 Å². The van der Waals surface area contributed by atoms with Crippen molar-refractivity contribution >= 4 is 15.7 Å². The molecule has 5 nitrogen and oxygen atoms in total. The van der Waals surface area contributed by atoms with Crippen molar-refractivity contribution in [2.45, 2.75) is 65.8 Å². The molecule has 2 aliphatic carbocycles. The molecular formula is C25H23F8NO4S. The minimum absolute atomic E-state index is 0.0712. The number of aliphatic hydroxyl groups is 1. The second kappa shape index (κ2) is 9.72. The standard InChI is InChI=1S/C25H23F8NO4S/c26-16-3-5-17(6-4-16)39(37,38)22-11-9-20(34-21(36)10-12-35)19(22)7-1-14-13-15(2-8-18(14)22)23(27,24(28,29)30)25(31,32)33/h2-6,8,13,19-20,35H,1,7,9-12H2,(H,34,36)/t19-,20+,22+/m0/s1. The zero-order valence-electron chi connectivity index (χ0n) is 20.0. The number of carbonyl (C=O) groups is 1. The van der Waals surface area contributed by atoms with Gasteiger partial charge in [0.1, 0.15) is 10.6 Å². The third kappa shape index (κ3) is 4.48. The molecule has 2 aromatic carbocycles. The highest BCUT2D eigenvalue weighted by molar-refractivity contribution is 7.92. The number of sulfone groups is 1. The lowest BCUT2D eigenvalue weighted by atomic mass is 9.74. The molecule has 1 amide bonds. The maximum absolute atomic E-state index is 14.8. The van der Waals surface area contributed by atoms with Gasteiger partial charge >= 0.3 is 18.0 Å². The van der Waals surface area contributed by atoms with Crippen molar-refractivity contribution in [2.75, 3.05) is 6.61 Å². The Morgan fingerprint density at radius 2 is 1.59 bits per heavy atom. The number of rotatable bonds is 6. The molecule has 3 atom stereocenters. The third-order valence-electron chi connectivity index (χ3n) is 7.66. The molecule has 214 valence electrons. The number of hydrogen-bond donors (Lipinski definition) is 2. The van der Waals surface area contributed by atoms with Crippen LogP contribution in [0.4, 0.5) is 35.1 Å². The number of amides is 1. The number of halogens is 8. The summed E-state index contributed by atoms with van der Waals surface area (Å²) in [5.41, 5.74) is -7.71. The van der Waals surface area contributed by atoms with Crippen molar-refractivity contribution < 1.29 is 53.4 Å². The molecule has 0 aliphatic heterocycles. The summed E-state index contributed by atoms with van der Waals surface area (Å²) in [6.07, 6.45) is -13.3. The molecule has 39 heavy (non-hydrogen) atoms. The first-order chi connectivity index (χ1) is 18.0. The van der Waals surface area contributed by atoms with Gasteiger partial charge in [0.15, 0.2) is 9.84 Å². The number of alkyl halides is 7. The smallest absolute Gasteiger partial charge is 0.396 e. The Kier molecular flexibility index (Phi) is 7.29. The average Bonchev–Trinajstić information content (AvgIpc) is 3.22. The van der Waals surface area contributed by atoms with E-state index >= 15 is 0 Å². The summed E-state index contributed by atoms with van der Waals surface area (Å²) in [6.45, 7) is -0.475. The molecule has 0 unspecified atom stereocenters. The maximum Gasteiger partial charge on any atom is 0.435 e. The summed E-state index contributed by atoms with van der Waals surface area (Å²) in [5.74, 6) is -2.18. The van der Waals surface area contributed by atoms with Crippen LogP contribution in [-0.2, 0) is 31.5 Å². The fraction of sp³-hybridized carbons (Fsp3) is 0.480. The molecule has 0 saturated heterocycles. The fourth-order valence-electron chi connectivity index (χ4n) is 5.93. The molecule has 14 heteroatoms. The SMILES string of the molecule is O=C(CCO)N[C@@H]1CC[C@@]2(S(=O)(=O)c3ccc(F)cc3)c3ccc(C(F)(C(F)(F)F)C(F)(F)F)cc3CC[C@@H]12. The molecule has 0 bridgehead atoms. The molecule has 1 saturated carbocycles. The van der Waals surface area contributed by atoms with E-state index in [-0.39, 0.29) is 48.1 Å². The predicted molar refractivity (Wildman–Crippen MR) is 121 cm³/mol. The third-order valence-corrected chi connectivity index (χ3v) is 10.2. The Labute approximate surface area is 218 Å². The van der Waals surface area contributed by atoms with Crippen molar-refractivity contribution in [3.05, 3.63) is 65.0 Å². The maximum atomic E-state index is 14.8. The zero-order valence-corrected chi connectivity index (χ0v) is 20.9. The zero-order chi connectivity index (χ0) is 29.0. The number of aryl methyl sites for hydroxylation is 1. The predicted octanol–water partition coefficient (Wildman–Crippen LogP) is 5.01. The number of fused-ring (bicyclic) bond motifs is 3. The first kappa shape index (κ1) is 29.2. The van der Waals surface area contributed by atoms with Crippen LogP contribution < -0.4 is 5.32 Å². The van der Waals surface area contributed by atoms with Crippen LogP contribution in [0.15, 0.2) is 47.4 Å². The molecule has 0 radical (unpaired) electrons. The van der Waals surface area contributed by atoms with Crippen molar-refractivity contribution in [1.29, 1.82) is 0 Å². The lowest BCUT2D eigenvalue weighted by molar-refractivity contribution is -0.348. The Morgan fingerprint density at radius 1 is 0.974 bits per heavy atom. The van der Waals surface area contributed by atoms with Gasteiger partial charge in [-0.15, -0.1) is 0 Å². The molecule has 0 heterocycles. The van der Waals surface area contributed by atoms with Gasteiger partial charge in [-0.25, -0.2) is 17.2 Å². The van der Waals surface area contributed by atoms with E-state index in [2.05, 4.69) is 5.32 Å². The van der Waals surface area contributed by atoms with E-state index < -0.39 is 68.5 Å². The van der Waals surface area contributed by atoms with Crippen LogP contribution >= 0.6 is 0 Å². The highest BCUT2D eigenvalue weighted by atomic mass is 32.2. The van der Waals surface area contributed by atoms with Gasteiger partial charge in [0.2, 0.25) is 5.91 Å². The summed E-state index contributed by atoms with van der Waals surface area (Å²) in [7, 11) is -4.48. The van der Waals surface area contributed by atoms with Crippen molar-refractivity contribution in [1.82, 2.24) is 5.32 Å². The summed E-state index contributed by atoms with van der Waals surface area (Å²) >= 11 is 0. The number of hydrogen-bond acceptors (Lipinski definition) is 4. The van der Waals surface area contributed by atoms with E-state index in [4.69, 9.17) is 5.11 Å². The van der Waals surface area contributed by atoms with Gasteiger partial charge in [0.05, 0.1) is 11.5 Å². The summed E-state index contributed by atoms with van der Waals surface area (Å²) < 4.78 is 135. The van der Waals surface area contributed by atoms with Gasteiger partial charge in [-0.3, -0.25) is 4.79 Å². The fourth-order valence-corrected chi connectivity index (χ4v) is 8.40. The second-order valence-corrected chi connectivity index (χ2v) is 11.9. The van der Waals surface area contributed by atoms with Crippen LogP contribution in [0.2, 0.25) is 0 Å². The average molecular weight is 586 g/mol. The summed E-state index contributed by atoms with van der Waals surface area (Å²) in [4.78, 5) is 11.9. The number of carbonyl (C=O) groups excluding carboxylic acids is 1. The van der Waals surface area contributed by atoms with Crippen LogP contribution in [0.5, 0.6) is 0 Å². The molecule has 0 aromatic heterocycles. The molecule has 1 fully saturated rings. The first-order valence-electron chi connectivity index (χ1n) is 11.9. The second-order valence-electron chi connectivity index (χ2n) is 9.70. The first-order valence-corrected chi connectivity index (χ1v) is 13.4.